The summed E-state index contributed by atoms with van der Waals surface area (Å²) < 4.78 is 26.4. The first kappa shape index (κ1) is 26.4. The van der Waals surface area contributed by atoms with Gasteiger partial charge in [-0.2, -0.15) is 0 Å². The number of rotatable bonds is 10. The molecule has 1 atom stereocenters. The van der Waals surface area contributed by atoms with E-state index in [1.165, 1.54) is 4.90 Å². The zero-order chi connectivity index (χ0) is 24.8. The van der Waals surface area contributed by atoms with E-state index >= 15 is 0 Å². The Labute approximate surface area is 197 Å². The molecule has 1 N–H and O–H groups in total. The molecule has 8 heteroatoms. The van der Waals surface area contributed by atoms with Crippen LogP contribution in [0.4, 0.5) is 5.69 Å². The summed E-state index contributed by atoms with van der Waals surface area (Å²) in [4.78, 5) is 27.9. The molecule has 33 heavy (non-hydrogen) atoms. The van der Waals surface area contributed by atoms with Gasteiger partial charge in [-0.25, -0.2) is 8.42 Å². The maximum atomic E-state index is 13.6. The van der Waals surface area contributed by atoms with Crippen LogP contribution < -0.4 is 9.62 Å². The maximum Gasteiger partial charge on any atom is 0.244 e. The van der Waals surface area contributed by atoms with Crippen LogP contribution in [0, 0.1) is 20.8 Å². The zero-order valence-corrected chi connectivity index (χ0v) is 21.2. The van der Waals surface area contributed by atoms with E-state index in [2.05, 4.69) is 5.32 Å². The third kappa shape index (κ3) is 6.81. The summed E-state index contributed by atoms with van der Waals surface area (Å²) in [5.41, 5.74) is 4.29. The molecule has 0 aliphatic carbocycles. The third-order valence-electron chi connectivity index (χ3n) is 5.80. The van der Waals surface area contributed by atoms with Crippen LogP contribution >= 0.6 is 0 Å². The molecule has 0 aliphatic rings. The molecule has 0 spiro atoms. The Morgan fingerprint density at radius 1 is 0.970 bits per heavy atom. The highest BCUT2D eigenvalue weighted by atomic mass is 32.2. The number of nitrogens with zero attached hydrogens (tertiary/aromatic N) is 2. The van der Waals surface area contributed by atoms with Crippen molar-refractivity contribution in [3.8, 4) is 0 Å². The number of nitrogens with one attached hydrogen (secondary N) is 1. The van der Waals surface area contributed by atoms with Crippen molar-refractivity contribution < 1.29 is 18.0 Å². The van der Waals surface area contributed by atoms with Gasteiger partial charge in [0, 0.05) is 13.1 Å². The standard InChI is InChI=1S/C25H35N3O4S/c1-7-23(25(30)26-8-2)27(16-21-12-10-9-11-19(21)4)24(29)17-28(33(6,31)32)22-14-13-18(3)20(5)15-22/h9-15,23H,7-8,16-17H2,1-6H3,(H,26,30). The number of hydrogen-bond acceptors (Lipinski definition) is 4. The fraction of sp³-hybridized carbons (Fsp3) is 0.440. The van der Waals surface area contributed by atoms with Crippen LogP contribution in [0.2, 0.25) is 0 Å². The fourth-order valence-electron chi connectivity index (χ4n) is 3.68. The third-order valence-corrected chi connectivity index (χ3v) is 6.94. The smallest absolute Gasteiger partial charge is 0.244 e. The molecule has 0 heterocycles. The predicted octanol–water partition coefficient (Wildman–Crippen LogP) is 3.32. The largest absolute Gasteiger partial charge is 0.355 e. The number of benzene rings is 2. The minimum absolute atomic E-state index is 0.214. The van der Waals surface area contributed by atoms with Gasteiger partial charge in [0.15, 0.2) is 0 Å². The van der Waals surface area contributed by atoms with Gasteiger partial charge in [-0.15, -0.1) is 0 Å². The lowest BCUT2D eigenvalue weighted by Crippen LogP contribution is -2.52. The van der Waals surface area contributed by atoms with Gasteiger partial charge in [-0.05, 0) is 68.5 Å². The lowest BCUT2D eigenvalue weighted by atomic mass is 10.1. The first-order valence-corrected chi connectivity index (χ1v) is 13.0. The lowest BCUT2D eigenvalue weighted by Gasteiger charge is -2.33. The molecule has 0 aliphatic heterocycles. The molecule has 2 amide bonds. The van der Waals surface area contributed by atoms with E-state index in [-0.39, 0.29) is 19.0 Å². The van der Waals surface area contributed by atoms with Crippen molar-refractivity contribution in [1.29, 1.82) is 0 Å². The number of likely N-dealkylation sites (N-methyl/N-ethyl adjacent to an activating group) is 1. The molecule has 0 aromatic heterocycles. The van der Waals surface area contributed by atoms with Crippen molar-refractivity contribution in [2.45, 2.75) is 53.6 Å². The molecule has 2 rings (SSSR count). The summed E-state index contributed by atoms with van der Waals surface area (Å²) >= 11 is 0. The maximum absolute atomic E-state index is 13.6. The Hall–Kier alpha value is -2.87. The van der Waals surface area contributed by atoms with Crippen molar-refractivity contribution >= 4 is 27.5 Å². The Balaban J connectivity index is 2.47. The number of sulfonamides is 1. The molecule has 2 aromatic carbocycles. The molecular formula is C25H35N3O4S. The summed E-state index contributed by atoms with van der Waals surface area (Å²) in [6, 6.07) is 12.2. The number of amides is 2. The van der Waals surface area contributed by atoms with Gasteiger partial charge in [-0.3, -0.25) is 13.9 Å². The quantitative estimate of drug-likeness (QED) is 0.574. The van der Waals surface area contributed by atoms with Crippen LogP contribution in [-0.4, -0.2) is 50.5 Å². The highest BCUT2D eigenvalue weighted by molar-refractivity contribution is 7.92. The normalized spacial score (nSPS) is 12.2. The van der Waals surface area contributed by atoms with E-state index in [0.29, 0.717) is 18.7 Å². The molecule has 2 aromatic rings. The Bertz CT molecular complexity index is 1100. The van der Waals surface area contributed by atoms with Crippen LogP contribution in [0.3, 0.4) is 0 Å². The van der Waals surface area contributed by atoms with Crippen molar-refractivity contribution in [3.63, 3.8) is 0 Å². The number of anilines is 1. The predicted molar refractivity (Wildman–Crippen MR) is 133 cm³/mol. The lowest BCUT2D eigenvalue weighted by molar-refractivity contribution is -0.140. The molecular weight excluding hydrogens is 438 g/mol. The van der Waals surface area contributed by atoms with E-state index < -0.39 is 22.0 Å². The summed E-state index contributed by atoms with van der Waals surface area (Å²) in [5.74, 6) is -0.681. The van der Waals surface area contributed by atoms with E-state index in [0.717, 1.165) is 32.8 Å². The van der Waals surface area contributed by atoms with E-state index in [9.17, 15) is 18.0 Å². The average molecular weight is 474 g/mol. The molecule has 180 valence electrons. The van der Waals surface area contributed by atoms with E-state index in [1.54, 1.807) is 12.1 Å². The number of carbonyl (C=O) groups is 2. The second-order valence-electron chi connectivity index (χ2n) is 8.30. The van der Waals surface area contributed by atoms with Crippen molar-refractivity contribution in [1.82, 2.24) is 10.2 Å². The Morgan fingerprint density at radius 2 is 1.64 bits per heavy atom. The van der Waals surface area contributed by atoms with Gasteiger partial charge in [0.1, 0.15) is 12.6 Å². The van der Waals surface area contributed by atoms with Crippen LogP contribution in [0.25, 0.3) is 0 Å². The highest BCUT2D eigenvalue weighted by Gasteiger charge is 2.31. The van der Waals surface area contributed by atoms with Crippen LogP contribution in [0.15, 0.2) is 42.5 Å². The zero-order valence-electron chi connectivity index (χ0n) is 20.4. The molecule has 0 fully saturated rings. The van der Waals surface area contributed by atoms with Crippen LogP contribution in [0.5, 0.6) is 0 Å². The van der Waals surface area contributed by atoms with Crippen molar-refractivity contribution in [3.05, 3.63) is 64.7 Å². The van der Waals surface area contributed by atoms with Crippen molar-refractivity contribution in [2.24, 2.45) is 0 Å². The number of carbonyl (C=O) groups excluding carboxylic acids is 2. The molecule has 7 nitrogen and oxygen atoms in total. The average Bonchev–Trinajstić information content (AvgIpc) is 2.74. The van der Waals surface area contributed by atoms with Gasteiger partial charge in [0.05, 0.1) is 11.9 Å². The molecule has 0 saturated heterocycles. The van der Waals surface area contributed by atoms with Crippen LogP contribution in [0.1, 0.15) is 42.5 Å². The van der Waals surface area contributed by atoms with Gasteiger partial charge < -0.3 is 10.2 Å². The van der Waals surface area contributed by atoms with Crippen LogP contribution in [-0.2, 0) is 26.2 Å². The second kappa shape index (κ2) is 11.3. The number of hydrogen-bond donors (Lipinski definition) is 1. The SMILES string of the molecule is CCNC(=O)C(CC)N(Cc1ccccc1C)C(=O)CN(c1ccc(C)c(C)c1)S(C)(=O)=O. The van der Waals surface area contributed by atoms with Gasteiger partial charge >= 0.3 is 0 Å². The Kier molecular flexibility index (Phi) is 9.05. The summed E-state index contributed by atoms with van der Waals surface area (Å²) in [6.07, 6.45) is 1.49. The number of aryl methyl sites for hydroxylation is 3. The molecule has 1 unspecified atom stereocenters. The van der Waals surface area contributed by atoms with E-state index in [1.807, 2.05) is 65.0 Å². The highest BCUT2D eigenvalue weighted by Crippen LogP contribution is 2.23. The molecule has 0 saturated carbocycles. The minimum Gasteiger partial charge on any atom is -0.355 e. The fourth-order valence-corrected chi connectivity index (χ4v) is 4.52. The molecule has 0 radical (unpaired) electrons. The minimum atomic E-state index is -3.73. The van der Waals surface area contributed by atoms with Gasteiger partial charge in [0.2, 0.25) is 21.8 Å². The monoisotopic (exact) mass is 473 g/mol. The first-order chi connectivity index (χ1) is 15.5. The van der Waals surface area contributed by atoms with Crippen molar-refractivity contribution in [2.75, 3.05) is 23.7 Å². The topological polar surface area (TPSA) is 86.8 Å². The van der Waals surface area contributed by atoms with Gasteiger partial charge in [0.25, 0.3) is 0 Å². The molecule has 0 bridgehead atoms. The van der Waals surface area contributed by atoms with E-state index in [4.69, 9.17) is 0 Å². The first-order valence-electron chi connectivity index (χ1n) is 11.2. The second-order valence-corrected chi connectivity index (χ2v) is 10.2. The summed E-state index contributed by atoms with van der Waals surface area (Å²) in [7, 11) is -3.73. The summed E-state index contributed by atoms with van der Waals surface area (Å²) in [6.45, 7) is 9.72. The Morgan fingerprint density at radius 3 is 2.18 bits per heavy atom. The van der Waals surface area contributed by atoms with Gasteiger partial charge in [-0.1, -0.05) is 37.3 Å². The summed E-state index contributed by atoms with van der Waals surface area (Å²) in [5, 5.41) is 2.80.